The van der Waals surface area contributed by atoms with Gasteiger partial charge in [0.25, 0.3) is 0 Å². The van der Waals surface area contributed by atoms with Gasteiger partial charge in [0.05, 0.1) is 6.54 Å². The van der Waals surface area contributed by atoms with Crippen LogP contribution in [0, 0.1) is 5.82 Å². The molecule has 1 aromatic rings. The van der Waals surface area contributed by atoms with Gasteiger partial charge in [0.15, 0.2) is 5.96 Å². The van der Waals surface area contributed by atoms with Crippen molar-refractivity contribution in [2.24, 2.45) is 4.99 Å². The van der Waals surface area contributed by atoms with Gasteiger partial charge >= 0.3 is 0 Å². The van der Waals surface area contributed by atoms with Crippen LogP contribution in [0.15, 0.2) is 29.3 Å². The fourth-order valence-corrected chi connectivity index (χ4v) is 3.49. The first-order valence-electron chi connectivity index (χ1n) is 7.65. The number of hydrogen-bond acceptors (Lipinski definition) is 3. The molecule has 0 aliphatic carbocycles. The quantitative estimate of drug-likeness (QED) is 0.623. The van der Waals surface area contributed by atoms with Crippen LogP contribution in [0.1, 0.15) is 19.8 Å². The highest BCUT2D eigenvalue weighted by Gasteiger charge is 2.15. The van der Waals surface area contributed by atoms with E-state index < -0.39 is 0 Å². The lowest BCUT2D eigenvalue weighted by atomic mass is 10.2. The molecule has 0 radical (unpaired) electrons. The Hall–Kier alpha value is -1.43. The van der Waals surface area contributed by atoms with Crippen LogP contribution in [0.4, 0.5) is 4.39 Å². The van der Waals surface area contributed by atoms with E-state index in [9.17, 15) is 4.39 Å². The number of nitrogens with one attached hydrogen (secondary N) is 2. The summed E-state index contributed by atoms with van der Waals surface area (Å²) in [6.07, 6.45) is 2.50. The van der Waals surface area contributed by atoms with Crippen molar-refractivity contribution < 1.29 is 9.13 Å². The summed E-state index contributed by atoms with van der Waals surface area (Å²) in [7, 11) is 1.76. The van der Waals surface area contributed by atoms with E-state index in [-0.39, 0.29) is 11.9 Å². The molecule has 1 heterocycles. The summed E-state index contributed by atoms with van der Waals surface area (Å²) < 4.78 is 18.8. The van der Waals surface area contributed by atoms with Crippen molar-refractivity contribution >= 4 is 17.7 Å². The predicted molar refractivity (Wildman–Crippen MR) is 91.3 cm³/mol. The minimum absolute atomic E-state index is 0.0822. The van der Waals surface area contributed by atoms with E-state index in [1.54, 1.807) is 19.2 Å². The third kappa shape index (κ3) is 5.75. The summed E-state index contributed by atoms with van der Waals surface area (Å²) in [4.78, 5) is 4.21. The van der Waals surface area contributed by atoms with Crippen LogP contribution in [0.5, 0.6) is 5.75 Å². The molecular weight excluding hydrogens is 301 g/mol. The average Bonchev–Trinajstić information content (AvgIpc) is 3.01. The molecule has 0 aromatic heterocycles. The van der Waals surface area contributed by atoms with Crippen molar-refractivity contribution in [3.63, 3.8) is 0 Å². The highest BCUT2D eigenvalue weighted by Crippen LogP contribution is 2.25. The van der Waals surface area contributed by atoms with Gasteiger partial charge < -0.3 is 15.4 Å². The van der Waals surface area contributed by atoms with E-state index >= 15 is 0 Å². The Kier molecular flexibility index (Phi) is 6.83. The van der Waals surface area contributed by atoms with Crippen LogP contribution in [0.25, 0.3) is 0 Å². The molecule has 0 saturated carbocycles. The van der Waals surface area contributed by atoms with Crippen LogP contribution in [-0.2, 0) is 0 Å². The lowest BCUT2D eigenvalue weighted by molar-refractivity contribution is 0.223. The molecular formula is C16H24FN3OS. The lowest BCUT2D eigenvalue weighted by Crippen LogP contribution is -2.43. The largest absolute Gasteiger partial charge is 0.489 e. The molecule has 0 spiro atoms. The Labute approximate surface area is 135 Å². The van der Waals surface area contributed by atoms with Gasteiger partial charge in [-0.3, -0.25) is 4.99 Å². The molecule has 1 aliphatic heterocycles. The molecule has 4 nitrogen and oxygen atoms in total. The van der Waals surface area contributed by atoms with Gasteiger partial charge in [0.2, 0.25) is 0 Å². The number of ether oxygens (including phenoxy) is 1. The maximum absolute atomic E-state index is 13.1. The van der Waals surface area contributed by atoms with Crippen molar-refractivity contribution in [1.29, 1.82) is 0 Å². The highest BCUT2D eigenvalue weighted by molar-refractivity contribution is 8.00. The summed E-state index contributed by atoms with van der Waals surface area (Å²) >= 11 is 2.02. The Balaban J connectivity index is 1.70. The first kappa shape index (κ1) is 16.9. The normalized spacial score (nSPS) is 19.8. The number of rotatable bonds is 6. The highest BCUT2D eigenvalue weighted by atomic mass is 32.2. The molecule has 2 N–H and O–H groups in total. The van der Waals surface area contributed by atoms with Gasteiger partial charge in [0.1, 0.15) is 17.7 Å². The van der Waals surface area contributed by atoms with Crippen LogP contribution < -0.4 is 15.4 Å². The molecule has 0 bridgehead atoms. The van der Waals surface area contributed by atoms with E-state index in [4.69, 9.17) is 4.74 Å². The number of halogens is 1. The monoisotopic (exact) mass is 325 g/mol. The Bertz CT molecular complexity index is 492. The van der Waals surface area contributed by atoms with Gasteiger partial charge in [-0.1, -0.05) is 6.07 Å². The smallest absolute Gasteiger partial charge is 0.191 e. The molecule has 1 fully saturated rings. The summed E-state index contributed by atoms with van der Waals surface area (Å²) in [6, 6.07) is 6.19. The summed E-state index contributed by atoms with van der Waals surface area (Å²) in [5.41, 5.74) is 0. The third-order valence-electron chi connectivity index (χ3n) is 3.44. The third-order valence-corrected chi connectivity index (χ3v) is 4.83. The molecule has 2 atom stereocenters. The van der Waals surface area contributed by atoms with Crippen molar-refractivity contribution in [2.45, 2.75) is 31.1 Å². The van der Waals surface area contributed by atoms with Gasteiger partial charge in [-0.2, -0.15) is 11.8 Å². The lowest BCUT2D eigenvalue weighted by Gasteiger charge is -2.18. The van der Waals surface area contributed by atoms with Crippen molar-refractivity contribution in [1.82, 2.24) is 10.6 Å². The minimum Gasteiger partial charge on any atom is -0.489 e. The Morgan fingerprint density at radius 3 is 3.05 bits per heavy atom. The summed E-state index contributed by atoms with van der Waals surface area (Å²) in [6.45, 7) is 3.48. The topological polar surface area (TPSA) is 45.7 Å². The van der Waals surface area contributed by atoms with Gasteiger partial charge in [-0.15, -0.1) is 0 Å². The van der Waals surface area contributed by atoms with E-state index in [1.807, 2.05) is 18.7 Å². The van der Waals surface area contributed by atoms with E-state index in [0.717, 1.165) is 12.5 Å². The average molecular weight is 325 g/mol. The first-order chi connectivity index (χ1) is 10.7. The molecule has 0 amide bonds. The van der Waals surface area contributed by atoms with Crippen molar-refractivity contribution in [3.8, 4) is 5.75 Å². The SMILES string of the molecule is CN=C(NCC(C)Oc1cccc(F)c1)NCC1CCCS1. The van der Waals surface area contributed by atoms with E-state index in [1.165, 1.54) is 30.7 Å². The van der Waals surface area contributed by atoms with Gasteiger partial charge in [-0.05, 0) is 37.7 Å². The number of hydrogen-bond donors (Lipinski definition) is 2. The molecule has 2 unspecified atom stereocenters. The van der Waals surface area contributed by atoms with Gasteiger partial charge in [0, 0.05) is 24.9 Å². The molecule has 1 aliphatic rings. The molecule has 1 saturated heterocycles. The number of nitrogens with zero attached hydrogens (tertiary/aromatic N) is 1. The van der Waals surface area contributed by atoms with Crippen LogP contribution >= 0.6 is 11.8 Å². The van der Waals surface area contributed by atoms with Crippen molar-refractivity contribution in [2.75, 3.05) is 25.9 Å². The van der Waals surface area contributed by atoms with Crippen molar-refractivity contribution in [3.05, 3.63) is 30.1 Å². The molecule has 2 rings (SSSR count). The molecule has 1 aromatic carbocycles. The van der Waals surface area contributed by atoms with Gasteiger partial charge in [-0.25, -0.2) is 4.39 Å². The predicted octanol–water partition coefficient (Wildman–Crippen LogP) is 2.65. The van der Waals surface area contributed by atoms with E-state index in [0.29, 0.717) is 17.5 Å². The van der Waals surface area contributed by atoms with Crippen LogP contribution in [-0.4, -0.2) is 43.2 Å². The number of benzene rings is 1. The number of aliphatic imine (C=N–C) groups is 1. The Morgan fingerprint density at radius 2 is 2.36 bits per heavy atom. The fourth-order valence-electron chi connectivity index (χ4n) is 2.29. The maximum atomic E-state index is 13.1. The second kappa shape index (κ2) is 8.88. The Morgan fingerprint density at radius 1 is 1.50 bits per heavy atom. The van der Waals surface area contributed by atoms with Crippen LogP contribution in [0.2, 0.25) is 0 Å². The first-order valence-corrected chi connectivity index (χ1v) is 8.70. The number of guanidine groups is 1. The fraction of sp³-hybridized carbons (Fsp3) is 0.562. The maximum Gasteiger partial charge on any atom is 0.191 e. The molecule has 6 heteroatoms. The van der Waals surface area contributed by atoms with Crippen LogP contribution in [0.3, 0.4) is 0 Å². The zero-order chi connectivity index (χ0) is 15.8. The number of thioether (sulfide) groups is 1. The summed E-state index contributed by atoms with van der Waals surface area (Å²) in [5.74, 6) is 2.29. The zero-order valence-electron chi connectivity index (χ0n) is 13.1. The molecule has 122 valence electrons. The summed E-state index contributed by atoms with van der Waals surface area (Å²) in [5, 5.41) is 7.26. The second-order valence-electron chi connectivity index (χ2n) is 5.35. The second-order valence-corrected chi connectivity index (χ2v) is 6.76. The minimum atomic E-state index is -0.288. The molecule has 22 heavy (non-hydrogen) atoms. The standard InChI is InChI=1S/C16H24FN3OS/c1-12(21-14-6-3-5-13(17)9-14)10-19-16(18-2)20-11-15-7-4-8-22-15/h3,5-6,9,12,15H,4,7-8,10-11H2,1-2H3,(H2,18,19,20). The zero-order valence-corrected chi connectivity index (χ0v) is 14.0. The van der Waals surface area contributed by atoms with E-state index in [2.05, 4.69) is 15.6 Å².